The lowest BCUT2D eigenvalue weighted by Gasteiger charge is -2.42. The monoisotopic (exact) mass is 336 g/mol. The van der Waals surface area contributed by atoms with Crippen molar-refractivity contribution in [3.63, 3.8) is 0 Å². The molecular weight excluding hydrogens is 304 g/mol. The van der Waals surface area contributed by atoms with Gasteiger partial charge in [0, 0.05) is 25.6 Å². The second kappa shape index (κ2) is 7.93. The third-order valence-electron chi connectivity index (χ3n) is 5.61. The Kier molecular flexibility index (Phi) is 5.89. The number of aromatic nitrogens is 2. The van der Waals surface area contributed by atoms with Gasteiger partial charge in [-0.05, 0) is 39.3 Å². The highest BCUT2D eigenvalue weighted by Gasteiger charge is 2.33. The van der Waals surface area contributed by atoms with Crippen molar-refractivity contribution in [2.24, 2.45) is 0 Å². The second-order valence-corrected chi connectivity index (χ2v) is 7.69. The van der Waals surface area contributed by atoms with Crippen LogP contribution < -0.4 is 0 Å². The molecule has 24 heavy (non-hydrogen) atoms. The molecule has 136 valence electrons. The largest absolute Gasteiger partial charge is 0.389 e. The minimum absolute atomic E-state index is 0.473. The van der Waals surface area contributed by atoms with Crippen molar-refractivity contribution in [1.29, 1.82) is 0 Å². The minimum atomic E-state index is -0.473. The maximum atomic E-state index is 10.8. The van der Waals surface area contributed by atoms with Gasteiger partial charge in [-0.25, -0.2) is 0 Å². The Labute approximate surface area is 145 Å². The van der Waals surface area contributed by atoms with Crippen LogP contribution in [0.25, 0.3) is 0 Å². The summed E-state index contributed by atoms with van der Waals surface area (Å²) in [6.07, 6.45) is 8.69. The summed E-state index contributed by atoms with van der Waals surface area (Å²) in [5.74, 6) is 1.51. The van der Waals surface area contributed by atoms with E-state index in [1.54, 1.807) is 0 Å². The lowest BCUT2D eigenvalue weighted by molar-refractivity contribution is -0.0366. The van der Waals surface area contributed by atoms with Crippen LogP contribution in [0.15, 0.2) is 4.52 Å². The second-order valence-electron chi connectivity index (χ2n) is 7.69. The Hall–Kier alpha value is -0.980. The molecule has 3 rings (SSSR count). The van der Waals surface area contributed by atoms with Crippen molar-refractivity contribution in [1.82, 2.24) is 19.9 Å². The van der Waals surface area contributed by atoms with Crippen molar-refractivity contribution in [3.8, 4) is 0 Å². The van der Waals surface area contributed by atoms with Gasteiger partial charge in [0.25, 0.3) is 0 Å². The Morgan fingerprint density at radius 2 is 2.08 bits per heavy atom. The van der Waals surface area contributed by atoms with Gasteiger partial charge in [-0.1, -0.05) is 31.3 Å². The van der Waals surface area contributed by atoms with E-state index < -0.39 is 5.60 Å². The molecule has 1 aliphatic carbocycles. The van der Waals surface area contributed by atoms with Gasteiger partial charge in [0.2, 0.25) is 5.89 Å². The summed E-state index contributed by atoms with van der Waals surface area (Å²) in [5, 5.41) is 14.9. The van der Waals surface area contributed by atoms with Gasteiger partial charge in [0.05, 0.1) is 12.1 Å². The first-order valence-corrected chi connectivity index (χ1v) is 9.54. The van der Waals surface area contributed by atoms with Gasteiger partial charge < -0.3 is 9.63 Å². The zero-order valence-electron chi connectivity index (χ0n) is 15.2. The number of rotatable bonds is 6. The van der Waals surface area contributed by atoms with Gasteiger partial charge in [0.1, 0.15) is 0 Å². The maximum absolute atomic E-state index is 10.8. The van der Waals surface area contributed by atoms with Crippen molar-refractivity contribution >= 4 is 0 Å². The average molecular weight is 336 g/mol. The van der Waals surface area contributed by atoms with Crippen molar-refractivity contribution in [2.75, 3.05) is 26.7 Å². The smallest absolute Gasteiger partial charge is 0.226 e. The molecule has 1 aliphatic heterocycles. The number of hydrogen-bond donors (Lipinski definition) is 1. The molecule has 1 saturated carbocycles. The molecule has 1 aromatic rings. The van der Waals surface area contributed by atoms with E-state index in [-0.39, 0.29) is 0 Å². The molecule has 1 N–H and O–H groups in total. The van der Waals surface area contributed by atoms with Crippen molar-refractivity contribution in [2.45, 2.75) is 76.5 Å². The molecule has 6 heteroatoms. The highest BCUT2D eigenvalue weighted by Crippen LogP contribution is 2.29. The molecule has 0 radical (unpaired) electrons. The van der Waals surface area contributed by atoms with Gasteiger partial charge >= 0.3 is 0 Å². The number of nitrogens with zero attached hydrogens (tertiary/aromatic N) is 4. The normalized spacial score (nSPS) is 25.2. The quantitative estimate of drug-likeness (QED) is 0.859. The topological polar surface area (TPSA) is 65.6 Å². The molecule has 2 fully saturated rings. The van der Waals surface area contributed by atoms with E-state index in [9.17, 15) is 5.11 Å². The van der Waals surface area contributed by atoms with Gasteiger partial charge in [-0.3, -0.25) is 9.80 Å². The first-order valence-electron chi connectivity index (χ1n) is 9.54. The standard InChI is InChI=1S/C18H32N4O2/c1-3-17-19-16(20-24-17)13-22-11-7-8-15(12-22)21(2)14-18(23)9-5-4-6-10-18/h15,23H,3-14H2,1-2H3. The van der Waals surface area contributed by atoms with Crippen LogP contribution in [0.1, 0.15) is 63.6 Å². The fraction of sp³-hybridized carbons (Fsp3) is 0.889. The number of likely N-dealkylation sites (tertiary alicyclic amines) is 1. The molecule has 2 heterocycles. The van der Waals surface area contributed by atoms with Gasteiger partial charge in [0.15, 0.2) is 5.82 Å². The van der Waals surface area contributed by atoms with E-state index in [2.05, 4.69) is 27.0 Å². The summed E-state index contributed by atoms with van der Waals surface area (Å²) < 4.78 is 5.21. The number of aryl methyl sites for hydroxylation is 1. The van der Waals surface area contributed by atoms with Gasteiger partial charge in [-0.15, -0.1) is 0 Å². The molecular formula is C18H32N4O2. The molecule has 0 spiro atoms. The molecule has 1 saturated heterocycles. The predicted octanol–water partition coefficient (Wildman–Crippen LogP) is 2.22. The average Bonchev–Trinajstić information content (AvgIpc) is 3.03. The third kappa shape index (κ3) is 4.55. The summed E-state index contributed by atoms with van der Waals surface area (Å²) in [7, 11) is 2.17. The summed E-state index contributed by atoms with van der Waals surface area (Å²) in [6.45, 7) is 5.69. The zero-order chi connectivity index (χ0) is 17.0. The first-order chi connectivity index (χ1) is 11.6. The number of hydrogen-bond acceptors (Lipinski definition) is 6. The predicted molar refractivity (Wildman–Crippen MR) is 92.6 cm³/mol. The van der Waals surface area contributed by atoms with E-state index in [4.69, 9.17) is 4.52 Å². The summed E-state index contributed by atoms with van der Waals surface area (Å²) in [6, 6.07) is 0.502. The fourth-order valence-corrected chi connectivity index (χ4v) is 4.19. The molecule has 1 aromatic heterocycles. The van der Waals surface area contributed by atoms with Crippen molar-refractivity contribution < 1.29 is 9.63 Å². The van der Waals surface area contributed by atoms with Gasteiger partial charge in [-0.2, -0.15) is 4.98 Å². The van der Waals surface area contributed by atoms with Crippen LogP contribution in [-0.4, -0.2) is 63.4 Å². The molecule has 1 unspecified atom stereocenters. The van der Waals surface area contributed by atoms with Crippen LogP contribution in [0.5, 0.6) is 0 Å². The lowest BCUT2D eigenvalue weighted by Crippen LogP contribution is -2.51. The van der Waals surface area contributed by atoms with Crippen LogP contribution in [0.3, 0.4) is 0 Å². The molecule has 0 amide bonds. The number of aliphatic hydroxyl groups is 1. The van der Waals surface area contributed by atoms with Crippen LogP contribution in [0.2, 0.25) is 0 Å². The SMILES string of the molecule is CCc1nc(CN2CCCC(N(C)CC3(O)CCCCC3)C2)no1. The van der Waals surface area contributed by atoms with E-state index in [1.165, 1.54) is 32.1 Å². The summed E-state index contributed by atoms with van der Waals surface area (Å²) in [5.41, 5.74) is -0.473. The third-order valence-corrected chi connectivity index (χ3v) is 5.61. The maximum Gasteiger partial charge on any atom is 0.226 e. The first kappa shape index (κ1) is 17.8. The molecule has 0 aromatic carbocycles. The highest BCUT2D eigenvalue weighted by atomic mass is 16.5. The fourth-order valence-electron chi connectivity index (χ4n) is 4.19. The zero-order valence-corrected chi connectivity index (χ0v) is 15.2. The van der Waals surface area contributed by atoms with Crippen LogP contribution >= 0.6 is 0 Å². The van der Waals surface area contributed by atoms with Crippen LogP contribution in [0.4, 0.5) is 0 Å². The summed E-state index contributed by atoms with van der Waals surface area (Å²) >= 11 is 0. The molecule has 0 bridgehead atoms. The van der Waals surface area contributed by atoms with E-state index in [0.29, 0.717) is 6.04 Å². The number of piperidine rings is 1. The van der Waals surface area contributed by atoms with Crippen LogP contribution in [-0.2, 0) is 13.0 Å². The highest BCUT2D eigenvalue weighted by molar-refractivity contribution is 4.91. The van der Waals surface area contributed by atoms with E-state index in [0.717, 1.165) is 57.2 Å². The Balaban J connectivity index is 1.52. The Bertz CT molecular complexity index is 513. The molecule has 1 atom stereocenters. The van der Waals surface area contributed by atoms with Crippen molar-refractivity contribution in [3.05, 3.63) is 11.7 Å². The lowest BCUT2D eigenvalue weighted by atomic mass is 9.84. The minimum Gasteiger partial charge on any atom is -0.389 e. The van der Waals surface area contributed by atoms with E-state index >= 15 is 0 Å². The Morgan fingerprint density at radius 1 is 1.29 bits per heavy atom. The molecule has 2 aliphatic rings. The number of likely N-dealkylation sites (N-methyl/N-ethyl adjacent to an activating group) is 1. The summed E-state index contributed by atoms with van der Waals surface area (Å²) in [4.78, 5) is 9.22. The van der Waals surface area contributed by atoms with Crippen LogP contribution in [0, 0.1) is 0 Å². The van der Waals surface area contributed by atoms with E-state index in [1.807, 2.05) is 6.92 Å². The molecule has 6 nitrogen and oxygen atoms in total. The Morgan fingerprint density at radius 3 is 2.79 bits per heavy atom.